The van der Waals surface area contributed by atoms with Crippen LogP contribution in [-0.4, -0.2) is 23.4 Å². The van der Waals surface area contributed by atoms with E-state index in [2.05, 4.69) is 16.2 Å². The smallest absolute Gasteiger partial charge is 0.258 e. The maximum Gasteiger partial charge on any atom is 0.258 e. The van der Waals surface area contributed by atoms with E-state index < -0.39 is 0 Å². The standard InChI is InChI=1S/C20H19N3O3/c1-4-24-17-9-7-15(11-18(17)25-5-2)20-22-19(23-26-20)16-8-6-14(12-21)10-13(16)3/h6-11H,4-5H2,1-3H3. The molecule has 0 radical (unpaired) electrons. The molecule has 0 saturated carbocycles. The van der Waals surface area contributed by atoms with Crippen LogP contribution in [0.15, 0.2) is 40.9 Å². The third-order valence-electron chi connectivity index (χ3n) is 3.81. The van der Waals surface area contributed by atoms with Gasteiger partial charge in [0.2, 0.25) is 5.82 Å². The maximum atomic E-state index is 8.98. The predicted octanol–water partition coefficient (Wildman–Crippen LogP) is 4.38. The lowest BCUT2D eigenvalue weighted by molar-refractivity contribution is 0.288. The molecule has 0 N–H and O–H groups in total. The minimum Gasteiger partial charge on any atom is -0.490 e. The van der Waals surface area contributed by atoms with E-state index >= 15 is 0 Å². The molecule has 0 spiro atoms. The number of hydrogen-bond acceptors (Lipinski definition) is 6. The maximum absolute atomic E-state index is 8.98. The number of rotatable bonds is 6. The van der Waals surface area contributed by atoms with E-state index in [1.54, 1.807) is 12.1 Å². The van der Waals surface area contributed by atoms with Crippen LogP contribution in [0.4, 0.5) is 0 Å². The Morgan fingerprint density at radius 1 is 1.04 bits per heavy atom. The molecule has 0 aliphatic carbocycles. The number of nitriles is 1. The normalized spacial score (nSPS) is 10.4. The van der Waals surface area contributed by atoms with Crippen molar-refractivity contribution in [2.75, 3.05) is 13.2 Å². The van der Waals surface area contributed by atoms with Crippen LogP contribution in [0.25, 0.3) is 22.8 Å². The highest BCUT2D eigenvalue weighted by Crippen LogP contribution is 2.33. The molecule has 3 aromatic rings. The first-order valence-corrected chi connectivity index (χ1v) is 8.41. The van der Waals surface area contributed by atoms with Gasteiger partial charge in [-0.25, -0.2) is 0 Å². The molecule has 6 nitrogen and oxygen atoms in total. The minimum absolute atomic E-state index is 0.396. The summed E-state index contributed by atoms with van der Waals surface area (Å²) in [5.74, 6) is 2.20. The zero-order valence-electron chi connectivity index (χ0n) is 14.9. The van der Waals surface area contributed by atoms with E-state index in [-0.39, 0.29) is 0 Å². The summed E-state index contributed by atoms with van der Waals surface area (Å²) in [7, 11) is 0. The summed E-state index contributed by atoms with van der Waals surface area (Å²) in [5.41, 5.74) is 3.10. The molecule has 0 amide bonds. The van der Waals surface area contributed by atoms with E-state index in [0.717, 1.165) is 16.7 Å². The van der Waals surface area contributed by atoms with Crippen molar-refractivity contribution in [1.82, 2.24) is 10.1 Å². The molecular weight excluding hydrogens is 330 g/mol. The van der Waals surface area contributed by atoms with Crippen LogP contribution < -0.4 is 9.47 Å². The van der Waals surface area contributed by atoms with Crippen LogP contribution in [0.3, 0.4) is 0 Å². The summed E-state index contributed by atoms with van der Waals surface area (Å²) in [6, 6.07) is 13.0. The van der Waals surface area contributed by atoms with Crippen molar-refractivity contribution in [2.24, 2.45) is 0 Å². The van der Waals surface area contributed by atoms with Crippen LogP contribution in [0.5, 0.6) is 11.5 Å². The van der Waals surface area contributed by atoms with E-state index in [4.69, 9.17) is 19.3 Å². The van der Waals surface area contributed by atoms with Crippen LogP contribution >= 0.6 is 0 Å². The van der Waals surface area contributed by atoms with Gasteiger partial charge in [0.15, 0.2) is 11.5 Å². The third-order valence-corrected chi connectivity index (χ3v) is 3.81. The molecule has 0 fully saturated rings. The van der Waals surface area contributed by atoms with Gasteiger partial charge in [-0.15, -0.1) is 0 Å². The molecule has 0 aliphatic rings. The predicted molar refractivity (Wildman–Crippen MR) is 97.0 cm³/mol. The summed E-state index contributed by atoms with van der Waals surface area (Å²) >= 11 is 0. The van der Waals surface area contributed by atoms with Crippen LogP contribution in [0.1, 0.15) is 25.0 Å². The number of ether oxygens (including phenoxy) is 2. The van der Waals surface area contributed by atoms with E-state index in [1.165, 1.54) is 0 Å². The molecule has 1 aromatic heterocycles. The van der Waals surface area contributed by atoms with Gasteiger partial charge >= 0.3 is 0 Å². The summed E-state index contributed by atoms with van der Waals surface area (Å²) < 4.78 is 16.6. The number of aryl methyl sites for hydroxylation is 1. The zero-order valence-corrected chi connectivity index (χ0v) is 14.9. The zero-order chi connectivity index (χ0) is 18.5. The Bertz CT molecular complexity index is 957. The van der Waals surface area contributed by atoms with E-state index in [9.17, 15) is 0 Å². The molecule has 0 saturated heterocycles. The van der Waals surface area contributed by atoms with Gasteiger partial charge in [-0.05, 0) is 62.7 Å². The SMILES string of the molecule is CCOc1ccc(-c2nc(-c3ccc(C#N)cc3C)no2)cc1OCC. The summed E-state index contributed by atoms with van der Waals surface area (Å²) in [4.78, 5) is 4.49. The van der Waals surface area contributed by atoms with Crippen LogP contribution in [0.2, 0.25) is 0 Å². The number of hydrogen-bond donors (Lipinski definition) is 0. The summed E-state index contributed by atoms with van der Waals surface area (Å²) in [5, 5.41) is 13.1. The van der Waals surface area contributed by atoms with Crippen molar-refractivity contribution in [3.8, 4) is 40.4 Å². The highest BCUT2D eigenvalue weighted by atomic mass is 16.5. The summed E-state index contributed by atoms with van der Waals surface area (Å²) in [6.07, 6.45) is 0. The quantitative estimate of drug-likeness (QED) is 0.657. The highest BCUT2D eigenvalue weighted by molar-refractivity contribution is 5.65. The number of aromatic nitrogens is 2. The number of benzene rings is 2. The Morgan fingerprint density at radius 3 is 2.50 bits per heavy atom. The first-order valence-electron chi connectivity index (χ1n) is 8.41. The molecule has 0 atom stereocenters. The van der Waals surface area contributed by atoms with Crippen molar-refractivity contribution in [1.29, 1.82) is 5.26 Å². The third kappa shape index (κ3) is 3.52. The lowest BCUT2D eigenvalue weighted by Crippen LogP contribution is -1.98. The second-order valence-electron chi connectivity index (χ2n) is 5.59. The largest absolute Gasteiger partial charge is 0.490 e. The Kier molecular flexibility index (Phi) is 5.18. The topological polar surface area (TPSA) is 81.2 Å². The monoisotopic (exact) mass is 349 g/mol. The van der Waals surface area contributed by atoms with Gasteiger partial charge in [0.25, 0.3) is 5.89 Å². The van der Waals surface area contributed by atoms with Crippen molar-refractivity contribution in [2.45, 2.75) is 20.8 Å². The van der Waals surface area contributed by atoms with Gasteiger partial charge in [0.1, 0.15) is 0 Å². The van der Waals surface area contributed by atoms with E-state index in [0.29, 0.717) is 42.0 Å². The van der Waals surface area contributed by atoms with Gasteiger partial charge < -0.3 is 14.0 Å². The lowest BCUT2D eigenvalue weighted by atomic mass is 10.1. The average molecular weight is 349 g/mol. The first kappa shape index (κ1) is 17.5. The molecule has 0 aliphatic heterocycles. The second kappa shape index (κ2) is 7.70. The Balaban J connectivity index is 1.95. The Morgan fingerprint density at radius 2 is 1.81 bits per heavy atom. The van der Waals surface area contributed by atoms with Gasteiger partial charge in [-0.1, -0.05) is 5.16 Å². The Hall–Kier alpha value is -3.33. The molecule has 3 rings (SSSR count). The van der Waals surface area contributed by atoms with Gasteiger partial charge in [0, 0.05) is 11.1 Å². The van der Waals surface area contributed by atoms with Gasteiger partial charge in [-0.2, -0.15) is 10.2 Å². The van der Waals surface area contributed by atoms with E-state index in [1.807, 2.05) is 45.0 Å². The molecule has 2 aromatic carbocycles. The number of nitrogens with zero attached hydrogens (tertiary/aromatic N) is 3. The van der Waals surface area contributed by atoms with Crippen LogP contribution in [-0.2, 0) is 0 Å². The van der Waals surface area contributed by atoms with Gasteiger partial charge in [0.05, 0.1) is 24.8 Å². The molecule has 26 heavy (non-hydrogen) atoms. The highest BCUT2D eigenvalue weighted by Gasteiger charge is 2.15. The fraction of sp³-hybridized carbons (Fsp3) is 0.250. The Labute approximate surface area is 152 Å². The van der Waals surface area contributed by atoms with Crippen molar-refractivity contribution in [3.05, 3.63) is 47.5 Å². The molecule has 0 unspecified atom stereocenters. The molecular formula is C20H19N3O3. The van der Waals surface area contributed by atoms with Crippen LogP contribution in [0, 0.1) is 18.3 Å². The lowest BCUT2D eigenvalue weighted by Gasteiger charge is -2.11. The van der Waals surface area contributed by atoms with Crippen molar-refractivity contribution < 1.29 is 14.0 Å². The molecule has 6 heteroatoms. The average Bonchev–Trinajstić information content (AvgIpc) is 3.13. The molecule has 132 valence electrons. The first-order chi connectivity index (χ1) is 12.7. The summed E-state index contributed by atoms with van der Waals surface area (Å²) in [6.45, 7) is 6.84. The van der Waals surface area contributed by atoms with Crippen molar-refractivity contribution >= 4 is 0 Å². The van der Waals surface area contributed by atoms with Gasteiger partial charge in [-0.3, -0.25) is 0 Å². The second-order valence-corrected chi connectivity index (χ2v) is 5.59. The molecule has 1 heterocycles. The fourth-order valence-electron chi connectivity index (χ4n) is 2.62. The molecule has 0 bridgehead atoms. The van der Waals surface area contributed by atoms with Crippen molar-refractivity contribution in [3.63, 3.8) is 0 Å². The minimum atomic E-state index is 0.396. The fourth-order valence-corrected chi connectivity index (χ4v) is 2.62.